The summed E-state index contributed by atoms with van der Waals surface area (Å²) in [6.07, 6.45) is 3.46. The Morgan fingerprint density at radius 2 is 1.85 bits per heavy atom. The zero-order chi connectivity index (χ0) is 13.9. The molecule has 0 radical (unpaired) electrons. The van der Waals surface area contributed by atoms with Crippen molar-refractivity contribution in [1.82, 2.24) is 9.97 Å². The van der Waals surface area contributed by atoms with E-state index in [2.05, 4.69) is 15.3 Å². The summed E-state index contributed by atoms with van der Waals surface area (Å²) in [5, 5.41) is 12.7. The molecule has 1 aromatic heterocycles. The predicted molar refractivity (Wildman–Crippen MR) is 80.4 cm³/mol. The third kappa shape index (κ3) is 2.54. The highest BCUT2D eigenvalue weighted by Gasteiger charge is 2.26. The predicted octanol–water partition coefficient (Wildman–Crippen LogP) is 2.03. The molecule has 1 aliphatic carbocycles. The van der Waals surface area contributed by atoms with Gasteiger partial charge in [-0.05, 0) is 36.8 Å². The summed E-state index contributed by atoms with van der Waals surface area (Å²) in [7, 11) is 0. The average molecular weight is 272 g/mol. The molecule has 2 unspecified atom stereocenters. The van der Waals surface area contributed by atoms with Gasteiger partial charge in [-0.3, -0.25) is 0 Å². The molecule has 1 aromatic carbocycles. The lowest BCUT2D eigenvalue weighted by Gasteiger charge is -2.18. The van der Waals surface area contributed by atoms with Crippen LogP contribution in [0.4, 0.5) is 11.6 Å². The van der Waals surface area contributed by atoms with E-state index < -0.39 is 0 Å². The second-order valence-corrected chi connectivity index (χ2v) is 5.46. The van der Waals surface area contributed by atoms with Gasteiger partial charge in [-0.25, -0.2) is 9.97 Å². The van der Waals surface area contributed by atoms with E-state index in [-0.39, 0.29) is 6.61 Å². The SMILES string of the molecule is Nc1nc2ccccc2nc1NCC1CCCC1CO. The van der Waals surface area contributed by atoms with E-state index in [1.165, 1.54) is 6.42 Å². The van der Waals surface area contributed by atoms with Crippen LogP contribution in [-0.4, -0.2) is 28.2 Å². The lowest BCUT2D eigenvalue weighted by molar-refractivity contribution is 0.199. The van der Waals surface area contributed by atoms with Crippen LogP contribution in [0.15, 0.2) is 24.3 Å². The average Bonchev–Trinajstić information content (AvgIpc) is 2.92. The summed E-state index contributed by atoms with van der Waals surface area (Å²) in [6, 6.07) is 7.70. The second kappa shape index (κ2) is 5.63. The fourth-order valence-electron chi connectivity index (χ4n) is 2.99. The summed E-state index contributed by atoms with van der Waals surface area (Å²) in [6.45, 7) is 1.06. The third-order valence-electron chi connectivity index (χ3n) is 4.18. The monoisotopic (exact) mass is 272 g/mol. The van der Waals surface area contributed by atoms with Crippen molar-refractivity contribution in [1.29, 1.82) is 0 Å². The van der Waals surface area contributed by atoms with Crippen molar-refractivity contribution in [3.05, 3.63) is 24.3 Å². The number of rotatable bonds is 4. The molecule has 1 saturated carbocycles. The van der Waals surface area contributed by atoms with Gasteiger partial charge in [0.05, 0.1) is 11.0 Å². The standard InChI is InChI=1S/C15H20N4O/c16-14-15(17-8-10-4-3-5-11(10)9-20)19-13-7-2-1-6-12(13)18-14/h1-2,6-7,10-11,20H,3-5,8-9H2,(H2,16,18)(H,17,19). The molecule has 4 N–H and O–H groups in total. The van der Waals surface area contributed by atoms with Gasteiger partial charge in [0.1, 0.15) is 0 Å². The summed E-state index contributed by atoms with van der Waals surface area (Å²) in [5.41, 5.74) is 7.60. The molecular formula is C15H20N4O. The van der Waals surface area contributed by atoms with Gasteiger partial charge in [0.25, 0.3) is 0 Å². The molecule has 1 aliphatic rings. The van der Waals surface area contributed by atoms with Crippen LogP contribution >= 0.6 is 0 Å². The Labute approximate surface area is 118 Å². The number of para-hydroxylation sites is 2. The summed E-state index contributed by atoms with van der Waals surface area (Å²) in [4.78, 5) is 8.89. The number of hydrogen-bond acceptors (Lipinski definition) is 5. The molecular weight excluding hydrogens is 252 g/mol. The molecule has 20 heavy (non-hydrogen) atoms. The van der Waals surface area contributed by atoms with E-state index in [0.29, 0.717) is 23.5 Å². The maximum Gasteiger partial charge on any atom is 0.169 e. The Kier molecular flexibility index (Phi) is 3.69. The first-order chi connectivity index (χ1) is 9.78. The van der Waals surface area contributed by atoms with Gasteiger partial charge >= 0.3 is 0 Å². The third-order valence-corrected chi connectivity index (χ3v) is 4.18. The number of aliphatic hydroxyl groups is 1. The number of nitrogen functional groups attached to an aromatic ring is 1. The summed E-state index contributed by atoms with van der Waals surface area (Å²) < 4.78 is 0. The summed E-state index contributed by atoms with van der Waals surface area (Å²) in [5.74, 6) is 1.97. The minimum absolute atomic E-state index is 0.269. The molecule has 0 bridgehead atoms. The molecule has 5 heteroatoms. The number of hydrogen-bond donors (Lipinski definition) is 3. The molecule has 1 fully saturated rings. The lowest BCUT2D eigenvalue weighted by atomic mass is 9.97. The zero-order valence-electron chi connectivity index (χ0n) is 11.4. The number of nitrogens with one attached hydrogen (secondary N) is 1. The Bertz CT molecular complexity index is 601. The van der Waals surface area contributed by atoms with Crippen LogP contribution < -0.4 is 11.1 Å². The zero-order valence-corrected chi connectivity index (χ0v) is 11.4. The molecule has 2 atom stereocenters. The highest BCUT2D eigenvalue weighted by atomic mass is 16.3. The van der Waals surface area contributed by atoms with Crippen molar-refractivity contribution in [3.8, 4) is 0 Å². The van der Waals surface area contributed by atoms with Crippen molar-refractivity contribution < 1.29 is 5.11 Å². The largest absolute Gasteiger partial charge is 0.396 e. The van der Waals surface area contributed by atoms with Gasteiger partial charge < -0.3 is 16.2 Å². The fourth-order valence-corrected chi connectivity index (χ4v) is 2.99. The maximum absolute atomic E-state index is 9.35. The first kappa shape index (κ1) is 13.1. The number of nitrogens with two attached hydrogens (primary N) is 1. The number of aromatic nitrogens is 2. The van der Waals surface area contributed by atoms with E-state index in [4.69, 9.17) is 5.73 Å². The molecule has 0 aliphatic heterocycles. The number of nitrogens with zero attached hydrogens (tertiary/aromatic N) is 2. The highest BCUT2D eigenvalue weighted by molar-refractivity contribution is 5.79. The van der Waals surface area contributed by atoms with Crippen molar-refractivity contribution in [3.63, 3.8) is 0 Å². The van der Waals surface area contributed by atoms with Crippen molar-refractivity contribution >= 4 is 22.7 Å². The topological polar surface area (TPSA) is 84.1 Å². The number of aliphatic hydroxyl groups excluding tert-OH is 1. The molecule has 106 valence electrons. The number of fused-ring (bicyclic) bond motifs is 1. The first-order valence-corrected chi connectivity index (χ1v) is 7.15. The Hall–Kier alpha value is -1.88. The number of benzene rings is 1. The molecule has 0 amide bonds. The molecule has 5 nitrogen and oxygen atoms in total. The van der Waals surface area contributed by atoms with Gasteiger partial charge in [0.15, 0.2) is 11.6 Å². The second-order valence-electron chi connectivity index (χ2n) is 5.46. The maximum atomic E-state index is 9.35. The minimum atomic E-state index is 0.269. The van der Waals surface area contributed by atoms with Crippen LogP contribution in [-0.2, 0) is 0 Å². The van der Waals surface area contributed by atoms with Gasteiger partial charge in [-0.2, -0.15) is 0 Å². The van der Waals surface area contributed by atoms with E-state index in [1.807, 2.05) is 24.3 Å². The van der Waals surface area contributed by atoms with Gasteiger partial charge in [-0.15, -0.1) is 0 Å². The quantitative estimate of drug-likeness (QED) is 0.793. The van der Waals surface area contributed by atoms with Crippen molar-refractivity contribution in [2.24, 2.45) is 11.8 Å². The Balaban J connectivity index is 1.75. The van der Waals surface area contributed by atoms with Crippen LogP contribution in [0.2, 0.25) is 0 Å². The van der Waals surface area contributed by atoms with E-state index in [1.54, 1.807) is 0 Å². The highest BCUT2D eigenvalue weighted by Crippen LogP contribution is 2.31. The lowest BCUT2D eigenvalue weighted by Crippen LogP contribution is -2.21. The van der Waals surface area contributed by atoms with Gasteiger partial charge in [-0.1, -0.05) is 18.6 Å². The van der Waals surface area contributed by atoms with E-state index in [9.17, 15) is 5.11 Å². The van der Waals surface area contributed by atoms with Crippen molar-refractivity contribution in [2.45, 2.75) is 19.3 Å². The summed E-state index contributed by atoms with van der Waals surface area (Å²) >= 11 is 0. The Morgan fingerprint density at radius 1 is 1.15 bits per heavy atom. The molecule has 3 rings (SSSR count). The van der Waals surface area contributed by atoms with Crippen LogP contribution in [0.25, 0.3) is 11.0 Å². The molecule has 2 aromatic rings. The smallest absolute Gasteiger partial charge is 0.169 e. The molecule has 1 heterocycles. The fraction of sp³-hybridized carbons (Fsp3) is 0.467. The van der Waals surface area contributed by atoms with Gasteiger partial charge in [0, 0.05) is 13.2 Å². The van der Waals surface area contributed by atoms with E-state index in [0.717, 1.165) is 30.4 Å². The van der Waals surface area contributed by atoms with Crippen LogP contribution in [0.1, 0.15) is 19.3 Å². The van der Waals surface area contributed by atoms with Crippen LogP contribution in [0, 0.1) is 11.8 Å². The number of anilines is 2. The van der Waals surface area contributed by atoms with Crippen LogP contribution in [0.5, 0.6) is 0 Å². The van der Waals surface area contributed by atoms with Crippen molar-refractivity contribution in [2.75, 3.05) is 24.2 Å². The van der Waals surface area contributed by atoms with Crippen LogP contribution in [0.3, 0.4) is 0 Å². The molecule has 0 saturated heterocycles. The Morgan fingerprint density at radius 3 is 2.60 bits per heavy atom. The minimum Gasteiger partial charge on any atom is -0.396 e. The van der Waals surface area contributed by atoms with E-state index >= 15 is 0 Å². The normalized spacial score (nSPS) is 22.2. The molecule has 0 spiro atoms. The first-order valence-electron chi connectivity index (χ1n) is 7.15. The van der Waals surface area contributed by atoms with Gasteiger partial charge in [0.2, 0.25) is 0 Å².